The molecule has 2 atom stereocenters. The van der Waals surface area contributed by atoms with Crippen LogP contribution in [0.3, 0.4) is 0 Å². The van der Waals surface area contributed by atoms with Crippen LogP contribution in [-0.4, -0.2) is 0 Å². The van der Waals surface area contributed by atoms with Gasteiger partial charge in [0, 0.05) is 0 Å². The van der Waals surface area contributed by atoms with Gasteiger partial charge in [-0.15, -0.1) is 0 Å². The normalized spacial score (nSPS) is 23.8. The molecule has 3 rings (SSSR count). The van der Waals surface area contributed by atoms with Gasteiger partial charge in [-0.2, -0.15) is 0 Å². The Balaban J connectivity index is 1.91. The lowest BCUT2D eigenvalue weighted by molar-refractivity contribution is 0.624. The minimum absolute atomic E-state index is 0.665. The molecule has 0 bridgehead atoms. The van der Waals surface area contributed by atoms with E-state index < -0.39 is 0 Å². The van der Waals surface area contributed by atoms with Crippen LogP contribution in [0.4, 0.5) is 0 Å². The summed E-state index contributed by atoms with van der Waals surface area (Å²) in [6.07, 6.45) is 4.86. The monoisotopic (exact) mass is 221 g/mol. The van der Waals surface area contributed by atoms with Crippen molar-refractivity contribution in [3.63, 3.8) is 0 Å². The highest BCUT2D eigenvalue weighted by Crippen LogP contribution is 2.45. The van der Waals surface area contributed by atoms with Crippen LogP contribution in [-0.2, 0) is 0 Å². The molecular formula is C17H17. The van der Waals surface area contributed by atoms with E-state index in [4.69, 9.17) is 0 Å². The van der Waals surface area contributed by atoms with Crippen LogP contribution < -0.4 is 0 Å². The molecule has 2 aromatic carbocycles. The summed E-state index contributed by atoms with van der Waals surface area (Å²) in [6, 6.07) is 21.8. The van der Waals surface area contributed by atoms with Gasteiger partial charge in [-0.25, -0.2) is 0 Å². The summed E-state index contributed by atoms with van der Waals surface area (Å²) in [5, 5.41) is 0. The van der Waals surface area contributed by atoms with Gasteiger partial charge in [-0.3, -0.25) is 0 Å². The molecule has 0 nitrogen and oxygen atoms in total. The number of benzene rings is 2. The molecule has 0 saturated heterocycles. The SMILES string of the molecule is [CH]1CC(c2ccccc2)C(c2ccccc2)C1. The summed E-state index contributed by atoms with van der Waals surface area (Å²) in [5.41, 5.74) is 2.96. The third-order valence-corrected chi connectivity index (χ3v) is 3.78. The largest absolute Gasteiger partial charge is 0.0622 e. The smallest absolute Gasteiger partial charge is 0.00902 e. The van der Waals surface area contributed by atoms with Crippen molar-refractivity contribution < 1.29 is 0 Å². The highest BCUT2D eigenvalue weighted by molar-refractivity contribution is 5.31. The second-order valence-corrected chi connectivity index (χ2v) is 4.79. The van der Waals surface area contributed by atoms with Crippen molar-refractivity contribution >= 4 is 0 Å². The van der Waals surface area contributed by atoms with Gasteiger partial charge in [0.05, 0.1) is 0 Å². The predicted octanol–water partition coefficient (Wildman–Crippen LogP) is 4.55. The predicted molar refractivity (Wildman–Crippen MR) is 71.9 cm³/mol. The van der Waals surface area contributed by atoms with Gasteiger partial charge in [0.1, 0.15) is 0 Å². The zero-order chi connectivity index (χ0) is 11.5. The van der Waals surface area contributed by atoms with Crippen LogP contribution in [0.15, 0.2) is 60.7 Å². The number of rotatable bonds is 2. The standard InChI is InChI=1S/C17H17/c1-3-8-14(9-4-1)16-12-7-13-17(16)15-10-5-2-6-11-15/h1-11,16-17H,12-13H2. The fourth-order valence-electron chi connectivity index (χ4n) is 2.92. The summed E-state index contributed by atoms with van der Waals surface area (Å²) in [6.45, 7) is 0. The number of hydrogen-bond acceptors (Lipinski definition) is 0. The minimum atomic E-state index is 0.665. The highest BCUT2D eigenvalue weighted by atomic mass is 14.3. The molecule has 0 spiro atoms. The van der Waals surface area contributed by atoms with Gasteiger partial charge < -0.3 is 0 Å². The van der Waals surface area contributed by atoms with E-state index in [0.29, 0.717) is 11.8 Å². The van der Waals surface area contributed by atoms with Gasteiger partial charge in [-0.05, 0) is 42.2 Å². The summed E-state index contributed by atoms with van der Waals surface area (Å²) in [4.78, 5) is 0. The molecule has 1 aliphatic rings. The van der Waals surface area contributed by atoms with E-state index >= 15 is 0 Å². The van der Waals surface area contributed by atoms with Crippen LogP contribution >= 0.6 is 0 Å². The van der Waals surface area contributed by atoms with E-state index in [1.54, 1.807) is 0 Å². The highest BCUT2D eigenvalue weighted by Gasteiger charge is 2.29. The lowest BCUT2D eigenvalue weighted by Crippen LogP contribution is -2.04. The maximum Gasteiger partial charge on any atom is -0.00902 e. The molecule has 1 aliphatic carbocycles. The molecule has 2 aromatic rings. The van der Waals surface area contributed by atoms with Gasteiger partial charge in [0.2, 0.25) is 0 Å². The maximum atomic E-state index is 2.44. The van der Waals surface area contributed by atoms with Crippen LogP contribution in [0.5, 0.6) is 0 Å². The first-order chi connectivity index (χ1) is 8.45. The van der Waals surface area contributed by atoms with Crippen molar-refractivity contribution in [2.75, 3.05) is 0 Å². The fourth-order valence-corrected chi connectivity index (χ4v) is 2.92. The van der Waals surface area contributed by atoms with E-state index in [-0.39, 0.29) is 0 Å². The first kappa shape index (κ1) is 10.6. The number of hydrogen-bond donors (Lipinski definition) is 0. The van der Waals surface area contributed by atoms with Crippen molar-refractivity contribution in [1.29, 1.82) is 0 Å². The zero-order valence-electron chi connectivity index (χ0n) is 9.92. The molecule has 0 aliphatic heterocycles. The van der Waals surface area contributed by atoms with E-state index in [0.717, 1.165) is 0 Å². The summed E-state index contributed by atoms with van der Waals surface area (Å²) in [5.74, 6) is 1.33. The quantitative estimate of drug-likeness (QED) is 0.697. The Morgan fingerprint density at radius 1 is 0.588 bits per heavy atom. The molecule has 0 amide bonds. The van der Waals surface area contributed by atoms with Crippen molar-refractivity contribution in [3.8, 4) is 0 Å². The van der Waals surface area contributed by atoms with Crippen molar-refractivity contribution in [3.05, 3.63) is 78.2 Å². The Morgan fingerprint density at radius 3 is 1.41 bits per heavy atom. The Hall–Kier alpha value is -1.56. The van der Waals surface area contributed by atoms with Crippen LogP contribution in [0.25, 0.3) is 0 Å². The Morgan fingerprint density at radius 2 is 1.00 bits per heavy atom. The van der Waals surface area contributed by atoms with Gasteiger partial charge in [0.15, 0.2) is 0 Å². The van der Waals surface area contributed by atoms with Crippen molar-refractivity contribution in [2.24, 2.45) is 0 Å². The molecule has 0 heteroatoms. The topological polar surface area (TPSA) is 0 Å². The second kappa shape index (κ2) is 4.75. The third-order valence-electron chi connectivity index (χ3n) is 3.78. The Bertz CT molecular complexity index is 412. The minimum Gasteiger partial charge on any atom is -0.0622 e. The van der Waals surface area contributed by atoms with E-state index in [1.807, 2.05) is 0 Å². The molecule has 2 unspecified atom stereocenters. The van der Waals surface area contributed by atoms with Gasteiger partial charge >= 0.3 is 0 Å². The summed E-state index contributed by atoms with van der Waals surface area (Å²) < 4.78 is 0. The molecule has 1 fully saturated rings. The molecule has 0 N–H and O–H groups in total. The molecule has 1 saturated carbocycles. The van der Waals surface area contributed by atoms with E-state index in [2.05, 4.69) is 67.1 Å². The van der Waals surface area contributed by atoms with Crippen molar-refractivity contribution in [1.82, 2.24) is 0 Å². The van der Waals surface area contributed by atoms with E-state index in [9.17, 15) is 0 Å². The second-order valence-electron chi connectivity index (χ2n) is 4.79. The molecule has 1 radical (unpaired) electrons. The van der Waals surface area contributed by atoms with Crippen LogP contribution in [0.2, 0.25) is 0 Å². The Labute approximate surface area is 103 Å². The molecule has 85 valence electrons. The van der Waals surface area contributed by atoms with Gasteiger partial charge in [0.25, 0.3) is 0 Å². The Kier molecular flexibility index (Phi) is 2.96. The van der Waals surface area contributed by atoms with E-state index in [1.165, 1.54) is 24.0 Å². The maximum absolute atomic E-state index is 2.44. The molecule has 17 heavy (non-hydrogen) atoms. The lowest BCUT2D eigenvalue weighted by Gasteiger charge is -2.20. The first-order valence-corrected chi connectivity index (χ1v) is 6.37. The van der Waals surface area contributed by atoms with Crippen molar-refractivity contribution in [2.45, 2.75) is 24.7 Å². The first-order valence-electron chi connectivity index (χ1n) is 6.37. The summed E-state index contributed by atoms with van der Waals surface area (Å²) >= 11 is 0. The molecule has 0 heterocycles. The third kappa shape index (κ3) is 2.12. The molecule has 0 aromatic heterocycles. The van der Waals surface area contributed by atoms with Gasteiger partial charge in [-0.1, -0.05) is 60.7 Å². The zero-order valence-corrected chi connectivity index (χ0v) is 9.92. The lowest BCUT2D eigenvalue weighted by atomic mass is 9.84. The van der Waals surface area contributed by atoms with Crippen LogP contribution in [0.1, 0.15) is 35.8 Å². The molecular weight excluding hydrogens is 204 g/mol. The average Bonchev–Trinajstić information content (AvgIpc) is 2.90. The average molecular weight is 221 g/mol. The fraction of sp³-hybridized carbons (Fsp3) is 0.235. The van der Waals surface area contributed by atoms with Crippen LogP contribution in [0, 0.1) is 6.42 Å². The summed E-state index contributed by atoms with van der Waals surface area (Å²) in [7, 11) is 0.